The predicted molar refractivity (Wildman–Crippen MR) is 95.5 cm³/mol. The molecular weight excluding hydrogens is 320 g/mol. The Morgan fingerprint density at radius 1 is 1.16 bits per heavy atom. The van der Waals surface area contributed by atoms with E-state index in [1.807, 2.05) is 33.2 Å². The van der Waals surface area contributed by atoms with Gasteiger partial charge in [0, 0.05) is 44.1 Å². The van der Waals surface area contributed by atoms with Crippen LogP contribution in [0.5, 0.6) is 0 Å². The molecule has 1 aromatic rings. The Kier molecular flexibility index (Phi) is 5.22. The van der Waals surface area contributed by atoms with E-state index in [9.17, 15) is 4.79 Å². The lowest BCUT2D eigenvalue weighted by atomic mass is 10.0. The first-order valence-electron chi connectivity index (χ1n) is 8.74. The highest BCUT2D eigenvalue weighted by atomic mass is 16.6. The number of carbonyl (C=O) groups is 1. The van der Waals surface area contributed by atoms with Gasteiger partial charge in [0.2, 0.25) is 5.95 Å². The molecule has 25 heavy (non-hydrogen) atoms. The SMILES string of the molecule is CC(C)(C)OC(=O)N1CC=C(c2cnc(N3CCOCC3)nc2)CC1. The normalized spacial score (nSPS) is 18.8. The number of morpholine rings is 1. The van der Waals surface area contributed by atoms with Crippen molar-refractivity contribution >= 4 is 17.6 Å². The molecule has 0 atom stereocenters. The van der Waals surface area contributed by atoms with Crippen molar-refractivity contribution in [3.8, 4) is 0 Å². The van der Waals surface area contributed by atoms with Crippen LogP contribution in [-0.2, 0) is 9.47 Å². The molecule has 7 nitrogen and oxygen atoms in total. The third-order valence-corrected chi connectivity index (χ3v) is 4.16. The average Bonchev–Trinajstić information content (AvgIpc) is 2.61. The van der Waals surface area contributed by atoms with Crippen molar-refractivity contribution in [1.82, 2.24) is 14.9 Å². The van der Waals surface area contributed by atoms with Gasteiger partial charge in [-0.25, -0.2) is 14.8 Å². The van der Waals surface area contributed by atoms with Crippen LogP contribution in [0.25, 0.3) is 5.57 Å². The molecule has 1 amide bonds. The standard InChI is InChI=1S/C18H26N4O3/c1-18(2,3)25-17(23)22-6-4-14(5-7-22)15-12-19-16(20-13-15)21-8-10-24-11-9-21/h4,12-13H,5-11H2,1-3H3. The van der Waals surface area contributed by atoms with Crippen molar-refractivity contribution in [2.45, 2.75) is 32.8 Å². The largest absolute Gasteiger partial charge is 0.444 e. The van der Waals surface area contributed by atoms with Crippen LogP contribution in [0.4, 0.5) is 10.7 Å². The molecule has 1 fully saturated rings. The fourth-order valence-electron chi connectivity index (χ4n) is 2.84. The maximum absolute atomic E-state index is 12.1. The van der Waals surface area contributed by atoms with E-state index in [0.29, 0.717) is 13.1 Å². The zero-order valence-corrected chi connectivity index (χ0v) is 15.2. The highest BCUT2D eigenvalue weighted by Crippen LogP contribution is 2.23. The lowest BCUT2D eigenvalue weighted by Crippen LogP contribution is -2.39. The summed E-state index contributed by atoms with van der Waals surface area (Å²) in [5, 5.41) is 0. The molecule has 0 radical (unpaired) electrons. The van der Waals surface area contributed by atoms with Gasteiger partial charge in [0.1, 0.15) is 5.60 Å². The van der Waals surface area contributed by atoms with Crippen LogP contribution in [-0.4, -0.2) is 66.0 Å². The second kappa shape index (κ2) is 7.39. The van der Waals surface area contributed by atoms with Gasteiger partial charge < -0.3 is 19.3 Å². The maximum atomic E-state index is 12.1. The number of rotatable bonds is 2. The molecule has 0 bridgehead atoms. The topological polar surface area (TPSA) is 67.8 Å². The molecule has 2 aliphatic heterocycles. The molecule has 7 heteroatoms. The van der Waals surface area contributed by atoms with Gasteiger partial charge in [-0.05, 0) is 32.8 Å². The number of aromatic nitrogens is 2. The molecule has 2 aliphatic rings. The van der Waals surface area contributed by atoms with Gasteiger partial charge in [-0.1, -0.05) is 6.08 Å². The summed E-state index contributed by atoms with van der Waals surface area (Å²) in [6.45, 7) is 9.92. The summed E-state index contributed by atoms with van der Waals surface area (Å²) in [5.74, 6) is 0.749. The molecule has 136 valence electrons. The molecule has 3 heterocycles. The number of carbonyl (C=O) groups excluding carboxylic acids is 1. The molecule has 3 rings (SSSR count). The molecule has 1 aromatic heterocycles. The van der Waals surface area contributed by atoms with E-state index in [1.165, 1.54) is 5.57 Å². The number of hydrogen-bond acceptors (Lipinski definition) is 6. The van der Waals surface area contributed by atoms with E-state index >= 15 is 0 Å². The van der Waals surface area contributed by atoms with E-state index in [-0.39, 0.29) is 6.09 Å². The predicted octanol–water partition coefficient (Wildman–Crippen LogP) is 2.34. The minimum atomic E-state index is -0.468. The van der Waals surface area contributed by atoms with E-state index in [4.69, 9.17) is 9.47 Å². The first-order valence-corrected chi connectivity index (χ1v) is 8.74. The molecule has 0 spiro atoms. The summed E-state index contributed by atoms with van der Waals surface area (Å²) in [7, 11) is 0. The number of nitrogens with zero attached hydrogens (tertiary/aromatic N) is 4. The van der Waals surface area contributed by atoms with Crippen molar-refractivity contribution in [2.24, 2.45) is 0 Å². The molecular formula is C18H26N4O3. The van der Waals surface area contributed by atoms with Crippen LogP contribution >= 0.6 is 0 Å². The monoisotopic (exact) mass is 346 g/mol. The van der Waals surface area contributed by atoms with Gasteiger partial charge in [0.05, 0.1) is 13.2 Å². The molecule has 0 aromatic carbocycles. The van der Waals surface area contributed by atoms with Gasteiger partial charge >= 0.3 is 6.09 Å². The van der Waals surface area contributed by atoms with E-state index in [2.05, 4.69) is 20.9 Å². The molecule has 0 aliphatic carbocycles. The van der Waals surface area contributed by atoms with Crippen molar-refractivity contribution in [3.05, 3.63) is 24.0 Å². The first-order chi connectivity index (χ1) is 11.9. The Labute approximate surface area is 148 Å². The molecule has 0 unspecified atom stereocenters. The summed E-state index contributed by atoms with van der Waals surface area (Å²) >= 11 is 0. The van der Waals surface area contributed by atoms with Crippen LogP contribution in [0.2, 0.25) is 0 Å². The van der Waals surface area contributed by atoms with Crippen LogP contribution in [0, 0.1) is 0 Å². The Balaban J connectivity index is 1.60. The second-order valence-corrected chi connectivity index (χ2v) is 7.28. The minimum absolute atomic E-state index is 0.262. The second-order valence-electron chi connectivity index (χ2n) is 7.28. The fourth-order valence-corrected chi connectivity index (χ4v) is 2.84. The quantitative estimate of drug-likeness (QED) is 0.819. The third kappa shape index (κ3) is 4.69. The Morgan fingerprint density at radius 3 is 2.40 bits per heavy atom. The van der Waals surface area contributed by atoms with Crippen molar-refractivity contribution < 1.29 is 14.3 Å². The van der Waals surface area contributed by atoms with Gasteiger partial charge in [0.15, 0.2) is 0 Å². The number of hydrogen-bond donors (Lipinski definition) is 0. The smallest absolute Gasteiger partial charge is 0.410 e. The highest BCUT2D eigenvalue weighted by Gasteiger charge is 2.24. The van der Waals surface area contributed by atoms with E-state index in [1.54, 1.807) is 4.90 Å². The van der Waals surface area contributed by atoms with E-state index in [0.717, 1.165) is 44.2 Å². The van der Waals surface area contributed by atoms with Gasteiger partial charge in [-0.2, -0.15) is 0 Å². The van der Waals surface area contributed by atoms with Crippen LogP contribution < -0.4 is 4.90 Å². The fraction of sp³-hybridized carbons (Fsp3) is 0.611. The van der Waals surface area contributed by atoms with Crippen LogP contribution in [0.3, 0.4) is 0 Å². The van der Waals surface area contributed by atoms with Crippen LogP contribution in [0.15, 0.2) is 18.5 Å². The van der Waals surface area contributed by atoms with Crippen molar-refractivity contribution in [3.63, 3.8) is 0 Å². The van der Waals surface area contributed by atoms with Crippen molar-refractivity contribution in [2.75, 3.05) is 44.3 Å². The number of ether oxygens (including phenoxy) is 2. The molecule has 1 saturated heterocycles. The zero-order valence-electron chi connectivity index (χ0n) is 15.2. The van der Waals surface area contributed by atoms with Gasteiger partial charge in [0.25, 0.3) is 0 Å². The summed E-state index contributed by atoms with van der Waals surface area (Å²) < 4.78 is 10.8. The number of amides is 1. The minimum Gasteiger partial charge on any atom is -0.444 e. The third-order valence-electron chi connectivity index (χ3n) is 4.16. The van der Waals surface area contributed by atoms with Gasteiger partial charge in [-0.3, -0.25) is 0 Å². The summed E-state index contributed by atoms with van der Waals surface area (Å²) in [5.41, 5.74) is 1.72. The highest BCUT2D eigenvalue weighted by molar-refractivity contribution is 5.72. The summed E-state index contributed by atoms with van der Waals surface area (Å²) in [6, 6.07) is 0. The van der Waals surface area contributed by atoms with Crippen LogP contribution in [0.1, 0.15) is 32.8 Å². The Bertz CT molecular complexity index is 631. The first kappa shape index (κ1) is 17.7. The summed E-state index contributed by atoms with van der Waals surface area (Å²) in [6.07, 6.45) is 6.31. The average molecular weight is 346 g/mol. The molecule has 0 N–H and O–H groups in total. The number of anilines is 1. The lowest BCUT2D eigenvalue weighted by Gasteiger charge is -2.29. The Hall–Kier alpha value is -2.15. The molecule has 0 saturated carbocycles. The lowest BCUT2D eigenvalue weighted by molar-refractivity contribution is 0.0270. The maximum Gasteiger partial charge on any atom is 0.410 e. The zero-order chi connectivity index (χ0) is 17.9. The van der Waals surface area contributed by atoms with E-state index < -0.39 is 5.60 Å². The van der Waals surface area contributed by atoms with Gasteiger partial charge in [-0.15, -0.1) is 0 Å². The summed E-state index contributed by atoms with van der Waals surface area (Å²) in [4.78, 5) is 24.9. The van der Waals surface area contributed by atoms with Crippen molar-refractivity contribution in [1.29, 1.82) is 0 Å². The Morgan fingerprint density at radius 2 is 1.84 bits per heavy atom.